The number of aromatic nitrogens is 2. The average molecular weight is 327 g/mol. The molecule has 1 aromatic carbocycles. The summed E-state index contributed by atoms with van der Waals surface area (Å²) >= 11 is 9.64. The Labute approximate surface area is 119 Å². The molecule has 0 amide bonds. The molecule has 94 valence electrons. The first-order chi connectivity index (χ1) is 8.75. The van der Waals surface area contributed by atoms with Crippen molar-refractivity contribution in [2.24, 2.45) is 0 Å². The molecule has 3 nitrogen and oxygen atoms in total. The fraction of sp³-hybridized carbons (Fsp3) is 0.308. The maximum absolute atomic E-state index is 6.08. The van der Waals surface area contributed by atoms with Gasteiger partial charge in [0.05, 0.1) is 23.9 Å². The van der Waals surface area contributed by atoms with E-state index in [9.17, 15) is 0 Å². The van der Waals surface area contributed by atoms with Gasteiger partial charge in [0, 0.05) is 15.5 Å². The van der Waals surface area contributed by atoms with Crippen LogP contribution in [0.4, 0.5) is 0 Å². The van der Waals surface area contributed by atoms with Gasteiger partial charge in [-0.15, -0.1) is 0 Å². The van der Waals surface area contributed by atoms with Crippen LogP contribution in [0.2, 0.25) is 5.02 Å². The van der Waals surface area contributed by atoms with Crippen LogP contribution in [0.3, 0.4) is 0 Å². The van der Waals surface area contributed by atoms with Crippen LogP contribution in [0.15, 0.2) is 35.2 Å². The third-order valence-corrected chi connectivity index (χ3v) is 4.16. The number of nitrogens with zero attached hydrogens (tertiary/aromatic N) is 2. The van der Waals surface area contributed by atoms with Gasteiger partial charge in [-0.25, -0.2) is 4.98 Å². The minimum absolute atomic E-state index is 0.387. The number of benzene rings is 1. The van der Waals surface area contributed by atoms with E-state index in [0.717, 1.165) is 28.1 Å². The van der Waals surface area contributed by atoms with Crippen LogP contribution >= 0.6 is 27.5 Å². The van der Waals surface area contributed by atoms with E-state index in [-0.39, 0.29) is 0 Å². The summed E-state index contributed by atoms with van der Waals surface area (Å²) in [6.45, 7) is 1.08. The summed E-state index contributed by atoms with van der Waals surface area (Å²) in [7, 11) is 0. The zero-order valence-corrected chi connectivity index (χ0v) is 12.1. The maximum atomic E-state index is 6.08. The standard InChI is InChI=1S/C13H13BrClN3/c14-10-4-3-9(15)6-12(10)18-8-16-7-13(18)11-2-1-5-17-11/h3-4,6-8,11,17H,1-2,5H2. The summed E-state index contributed by atoms with van der Waals surface area (Å²) in [5.74, 6) is 0. The van der Waals surface area contributed by atoms with E-state index in [2.05, 4.69) is 30.8 Å². The van der Waals surface area contributed by atoms with Crippen LogP contribution in [0.25, 0.3) is 5.69 Å². The van der Waals surface area contributed by atoms with Gasteiger partial charge in [-0.05, 0) is 53.5 Å². The first kappa shape index (κ1) is 12.2. The molecule has 1 N–H and O–H groups in total. The number of hydrogen-bond acceptors (Lipinski definition) is 2. The van der Waals surface area contributed by atoms with Gasteiger partial charge in [-0.1, -0.05) is 11.6 Å². The second-order valence-electron chi connectivity index (χ2n) is 4.43. The molecule has 1 aliphatic rings. The largest absolute Gasteiger partial charge is 0.309 e. The first-order valence-corrected chi connectivity index (χ1v) is 7.14. The van der Waals surface area contributed by atoms with Crippen molar-refractivity contribution in [3.8, 4) is 5.69 Å². The number of imidazole rings is 1. The summed E-state index contributed by atoms with van der Waals surface area (Å²) in [5, 5.41) is 4.22. The molecule has 0 radical (unpaired) electrons. The first-order valence-electron chi connectivity index (χ1n) is 5.97. The Morgan fingerprint density at radius 3 is 3.11 bits per heavy atom. The number of rotatable bonds is 2. The van der Waals surface area contributed by atoms with Gasteiger partial charge in [-0.3, -0.25) is 0 Å². The number of hydrogen-bond donors (Lipinski definition) is 1. The van der Waals surface area contributed by atoms with Crippen molar-refractivity contribution in [3.05, 3.63) is 45.9 Å². The number of halogens is 2. The number of nitrogens with one attached hydrogen (secondary N) is 1. The van der Waals surface area contributed by atoms with Crippen molar-refractivity contribution < 1.29 is 0 Å². The lowest BCUT2D eigenvalue weighted by Crippen LogP contribution is -2.16. The van der Waals surface area contributed by atoms with E-state index in [0.29, 0.717) is 6.04 Å². The fourth-order valence-electron chi connectivity index (χ4n) is 2.37. The highest BCUT2D eigenvalue weighted by Gasteiger charge is 2.21. The third kappa shape index (κ3) is 2.20. The fourth-order valence-corrected chi connectivity index (χ4v) is 2.98. The predicted octanol–water partition coefficient (Wildman–Crippen LogP) is 3.71. The monoisotopic (exact) mass is 325 g/mol. The second-order valence-corrected chi connectivity index (χ2v) is 5.72. The van der Waals surface area contributed by atoms with Crippen LogP contribution < -0.4 is 5.32 Å². The van der Waals surface area contributed by atoms with Gasteiger partial charge in [0.25, 0.3) is 0 Å². The van der Waals surface area contributed by atoms with Crippen LogP contribution in [0.1, 0.15) is 24.6 Å². The molecular formula is C13H13BrClN3. The zero-order chi connectivity index (χ0) is 12.5. The quantitative estimate of drug-likeness (QED) is 0.911. The Morgan fingerprint density at radius 2 is 2.33 bits per heavy atom. The van der Waals surface area contributed by atoms with Crippen LogP contribution in [0.5, 0.6) is 0 Å². The SMILES string of the molecule is Clc1ccc(Br)c(-n2cncc2C2CCCN2)c1. The lowest BCUT2D eigenvalue weighted by molar-refractivity contribution is 0.615. The van der Waals surface area contributed by atoms with E-state index < -0.39 is 0 Å². The average Bonchev–Trinajstić information content (AvgIpc) is 3.00. The zero-order valence-electron chi connectivity index (χ0n) is 9.74. The molecular weight excluding hydrogens is 314 g/mol. The molecule has 0 spiro atoms. The second kappa shape index (κ2) is 5.03. The Balaban J connectivity index is 2.06. The van der Waals surface area contributed by atoms with E-state index >= 15 is 0 Å². The summed E-state index contributed by atoms with van der Waals surface area (Å²) in [6, 6.07) is 6.17. The van der Waals surface area contributed by atoms with Gasteiger partial charge in [0.15, 0.2) is 0 Å². The maximum Gasteiger partial charge on any atom is 0.0995 e. The smallest absolute Gasteiger partial charge is 0.0995 e. The van der Waals surface area contributed by atoms with Gasteiger partial charge in [0.1, 0.15) is 0 Å². The molecule has 5 heteroatoms. The Morgan fingerprint density at radius 1 is 1.44 bits per heavy atom. The minimum Gasteiger partial charge on any atom is -0.309 e. The minimum atomic E-state index is 0.387. The van der Waals surface area contributed by atoms with Gasteiger partial charge in [0.2, 0.25) is 0 Å². The molecule has 2 heterocycles. The van der Waals surface area contributed by atoms with Crippen molar-refractivity contribution in [1.82, 2.24) is 14.9 Å². The van der Waals surface area contributed by atoms with Crippen LogP contribution in [-0.2, 0) is 0 Å². The summed E-state index contributed by atoms with van der Waals surface area (Å²) in [5.41, 5.74) is 2.22. The lowest BCUT2D eigenvalue weighted by Gasteiger charge is -2.15. The molecule has 1 aliphatic heterocycles. The molecule has 1 saturated heterocycles. The van der Waals surface area contributed by atoms with Crippen LogP contribution in [-0.4, -0.2) is 16.1 Å². The molecule has 2 aromatic rings. The Hall–Kier alpha value is -0.840. The molecule has 3 rings (SSSR count). The van der Waals surface area contributed by atoms with Gasteiger partial charge in [-0.2, -0.15) is 0 Å². The highest BCUT2D eigenvalue weighted by molar-refractivity contribution is 9.10. The van der Waals surface area contributed by atoms with E-state index in [4.69, 9.17) is 11.6 Å². The van der Waals surface area contributed by atoms with Crippen molar-refractivity contribution in [3.63, 3.8) is 0 Å². The van der Waals surface area contributed by atoms with Crippen molar-refractivity contribution >= 4 is 27.5 Å². The highest BCUT2D eigenvalue weighted by Crippen LogP contribution is 2.30. The summed E-state index contributed by atoms with van der Waals surface area (Å²) < 4.78 is 3.11. The molecule has 1 aromatic heterocycles. The molecule has 1 atom stereocenters. The van der Waals surface area contributed by atoms with Gasteiger partial charge < -0.3 is 9.88 Å². The molecule has 0 bridgehead atoms. The Kier molecular flexibility index (Phi) is 3.41. The third-order valence-electron chi connectivity index (χ3n) is 3.25. The Bertz CT molecular complexity index is 561. The van der Waals surface area contributed by atoms with Crippen molar-refractivity contribution in [2.45, 2.75) is 18.9 Å². The predicted molar refractivity (Wildman–Crippen MR) is 76.3 cm³/mol. The summed E-state index contributed by atoms with van der Waals surface area (Å²) in [6.07, 6.45) is 6.14. The van der Waals surface area contributed by atoms with E-state index in [1.807, 2.05) is 30.7 Å². The topological polar surface area (TPSA) is 29.9 Å². The molecule has 0 saturated carbocycles. The van der Waals surface area contributed by atoms with Crippen molar-refractivity contribution in [1.29, 1.82) is 0 Å². The van der Waals surface area contributed by atoms with Gasteiger partial charge >= 0.3 is 0 Å². The molecule has 1 unspecified atom stereocenters. The normalized spacial score (nSPS) is 19.3. The van der Waals surface area contributed by atoms with E-state index in [1.165, 1.54) is 12.1 Å². The molecule has 1 fully saturated rings. The molecule has 0 aliphatic carbocycles. The van der Waals surface area contributed by atoms with Crippen molar-refractivity contribution in [2.75, 3.05) is 6.54 Å². The molecule has 18 heavy (non-hydrogen) atoms. The highest BCUT2D eigenvalue weighted by atomic mass is 79.9. The summed E-state index contributed by atoms with van der Waals surface area (Å²) in [4.78, 5) is 4.27. The van der Waals surface area contributed by atoms with E-state index in [1.54, 1.807) is 0 Å². The lowest BCUT2D eigenvalue weighted by atomic mass is 10.1. The van der Waals surface area contributed by atoms with Crippen LogP contribution in [0, 0.1) is 0 Å².